The largest absolute Gasteiger partial charge is 0.478 e. The lowest BCUT2D eigenvalue weighted by atomic mass is 9.86. The number of nitriles is 1. The van der Waals surface area contributed by atoms with E-state index in [1.165, 1.54) is 18.2 Å². The van der Waals surface area contributed by atoms with E-state index in [4.69, 9.17) is 50.0 Å². The van der Waals surface area contributed by atoms with Crippen molar-refractivity contribution >= 4 is 46.5 Å². The van der Waals surface area contributed by atoms with Crippen molar-refractivity contribution in [3.63, 3.8) is 0 Å². The first-order chi connectivity index (χ1) is 13.5. The zero-order valence-electron chi connectivity index (χ0n) is 14.6. The van der Waals surface area contributed by atoms with Gasteiger partial charge in [0, 0.05) is 12.0 Å². The summed E-state index contributed by atoms with van der Waals surface area (Å²) in [4.78, 5) is 16.3. The molecule has 29 heavy (non-hydrogen) atoms. The highest BCUT2D eigenvalue weighted by molar-refractivity contribution is 6.36. The van der Waals surface area contributed by atoms with Gasteiger partial charge in [0.05, 0.1) is 26.9 Å². The number of aryl methyl sites for hydroxylation is 1. The van der Waals surface area contributed by atoms with E-state index in [1.54, 1.807) is 13.0 Å². The minimum Gasteiger partial charge on any atom is -0.478 e. The highest BCUT2D eigenvalue weighted by Crippen LogP contribution is 2.51. The second-order valence-electron chi connectivity index (χ2n) is 6.39. The van der Waals surface area contributed by atoms with Crippen LogP contribution < -0.4 is 0 Å². The van der Waals surface area contributed by atoms with Crippen LogP contribution in [0.5, 0.6) is 0 Å². The molecule has 1 N–H and O–H groups in total. The minimum atomic E-state index is -3.91. The lowest BCUT2D eigenvalue weighted by Crippen LogP contribution is -2.42. The fraction of sp³-hybridized carbons (Fsp3) is 0.211. The Morgan fingerprint density at radius 2 is 1.93 bits per heavy atom. The van der Waals surface area contributed by atoms with E-state index in [1.807, 2.05) is 0 Å². The number of hydrogen-bond acceptors (Lipinski definition) is 4. The van der Waals surface area contributed by atoms with E-state index in [9.17, 15) is 13.6 Å². The van der Waals surface area contributed by atoms with Crippen molar-refractivity contribution in [3.05, 3.63) is 68.2 Å². The van der Waals surface area contributed by atoms with Crippen molar-refractivity contribution in [1.29, 1.82) is 5.26 Å². The Labute approximate surface area is 179 Å². The van der Waals surface area contributed by atoms with Gasteiger partial charge in [-0.25, -0.2) is 4.79 Å². The van der Waals surface area contributed by atoms with Gasteiger partial charge in [0.2, 0.25) is 5.60 Å². The van der Waals surface area contributed by atoms with Gasteiger partial charge >= 0.3 is 11.4 Å². The quantitative estimate of drug-likeness (QED) is 0.593. The van der Waals surface area contributed by atoms with Crippen molar-refractivity contribution in [1.82, 2.24) is 0 Å². The molecule has 2 aromatic rings. The summed E-state index contributed by atoms with van der Waals surface area (Å²) in [7, 11) is 0. The van der Waals surface area contributed by atoms with Crippen LogP contribution in [0.3, 0.4) is 0 Å². The van der Waals surface area contributed by atoms with Gasteiger partial charge in [0.15, 0.2) is 0 Å². The van der Waals surface area contributed by atoms with Crippen molar-refractivity contribution in [2.24, 2.45) is 5.16 Å². The SMILES string of the molecule is Cc1cc(C2=NOC(c3cc(Cl)c(C#N)c(Cl)c3)(C(F)(F)Cl)C2)ccc1C(=O)O. The zero-order valence-corrected chi connectivity index (χ0v) is 16.9. The van der Waals surface area contributed by atoms with Crippen molar-refractivity contribution in [2.45, 2.75) is 24.3 Å². The van der Waals surface area contributed by atoms with Gasteiger partial charge in [-0.05, 0) is 53.9 Å². The molecular weight excluding hydrogens is 449 g/mol. The van der Waals surface area contributed by atoms with Gasteiger partial charge in [-0.2, -0.15) is 14.0 Å². The molecule has 5 nitrogen and oxygen atoms in total. The van der Waals surface area contributed by atoms with Crippen LogP contribution in [0.25, 0.3) is 0 Å². The maximum absolute atomic E-state index is 14.5. The monoisotopic (exact) mass is 458 g/mol. The number of halogens is 5. The number of carboxylic acid groups (broad SMARTS) is 1. The maximum atomic E-state index is 14.5. The van der Waals surface area contributed by atoms with Crippen molar-refractivity contribution in [3.8, 4) is 6.07 Å². The predicted octanol–water partition coefficient (Wildman–Crippen LogP) is 5.72. The van der Waals surface area contributed by atoms with E-state index in [-0.39, 0.29) is 32.4 Å². The molecule has 1 atom stereocenters. The van der Waals surface area contributed by atoms with E-state index in [0.29, 0.717) is 11.1 Å². The summed E-state index contributed by atoms with van der Waals surface area (Å²) < 4.78 is 29.0. The number of nitrogens with zero attached hydrogens (tertiary/aromatic N) is 2. The van der Waals surface area contributed by atoms with Crippen LogP contribution in [0, 0.1) is 18.3 Å². The molecule has 1 heterocycles. The van der Waals surface area contributed by atoms with Crippen LogP contribution in [0.4, 0.5) is 8.78 Å². The molecule has 2 aromatic carbocycles. The van der Waals surface area contributed by atoms with E-state index < -0.39 is 23.4 Å². The average molecular weight is 460 g/mol. The Bertz CT molecular complexity index is 1070. The first-order valence-corrected chi connectivity index (χ1v) is 9.19. The highest BCUT2D eigenvalue weighted by Gasteiger charge is 2.60. The van der Waals surface area contributed by atoms with Gasteiger partial charge in [-0.15, -0.1) is 0 Å². The van der Waals surface area contributed by atoms with Crippen LogP contribution in [-0.4, -0.2) is 22.2 Å². The molecule has 0 spiro atoms. The molecular formula is C19H11Cl3F2N2O3. The number of rotatable bonds is 4. The number of alkyl halides is 3. The van der Waals surface area contributed by atoms with Gasteiger partial charge in [-0.3, -0.25) is 0 Å². The number of carbonyl (C=O) groups is 1. The summed E-state index contributed by atoms with van der Waals surface area (Å²) >= 11 is 17.4. The molecule has 0 saturated carbocycles. The Kier molecular flexibility index (Phi) is 5.48. The fourth-order valence-corrected chi connectivity index (χ4v) is 3.84. The summed E-state index contributed by atoms with van der Waals surface area (Å²) in [6.07, 6.45) is -0.437. The van der Waals surface area contributed by atoms with Crippen molar-refractivity contribution < 1.29 is 23.5 Å². The first-order valence-electron chi connectivity index (χ1n) is 8.06. The lowest BCUT2D eigenvalue weighted by molar-refractivity contribution is -0.155. The molecule has 3 rings (SSSR count). The zero-order chi connectivity index (χ0) is 21.6. The van der Waals surface area contributed by atoms with Gasteiger partial charge in [0.1, 0.15) is 6.07 Å². The van der Waals surface area contributed by atoms with Gasteiger partial charge < -0.3 is 9.94 Å². The number of carboxylic acids is 1. The van der Waals surface area contributed by atoms with Crippen LogP contribution >= 0.6 is 34.8 Å². The van der Waals surface area contributed by atoms with Gasteiger partial charge in [0.25, 0.3) is 0 Å². The fourth-order valence-electron chi connectivity index (χ4n) is 3.05. The molecule has 1 unspecified atom stereocenters. The Morgan fingerprint density at radius 1 is 1.31 bits per heavy atom. The van der Waals surface area contributed by atoms with Crippen LogP contribution in [0.15, 0.2) is 35.5 Å². The molecule has 0 aromatic heterocycles. The molecule has 1 aliphatic heterocycles. The average Bonchev–Trinajstić information content (AvgIpc) is 3.07. The number of hydrogen-bond donors (Lipinski definition) is 1. The lowest BCUT2D eigenvalue weighted by Gasteiger charge is -2.31. The third-order valence-electron chi connectivity index (χ3n) is 4.60. The van der Waals surface area contributed by atoms with E-state index in [2.05, 4.69) is 5.16 Å². The topological polar surface area (TPSA) is 82.7 Å². The number of benzene rings is 2. The summed E-state index contributed by atoms with van der Waals surface area (Å²) in [6, 6.07) is 8.36. The molecule has 150 valence electrons. The molecule has 0 amide bonds. The van der Waals surface area contributed by atoms with Crippen LogP contribution in [-0.2, 0) is 10.4 Å². The van der Waals surface area contributed by atoms with Gasteiger partial charge in [-0.1, -0.05) is 34.4 Å². The Hall–Kier alpha value is -2.40. The molecule has 0 fully saturated rings. The highest BCUT2D eigenvalue weighted by atomic mass is 35.5. The second-order valence-corrected chi connectivity index (χ2v) is 7.68. The summed E-state index contributed by atoms with van der Waals surface area (Å²) in [5, 5.41) is 17.8. The number of oxime groups is 1. The summed E-state index contributed by atoms with van der Waals surface area (Å²) in [5.74, 6) is -1.11. The minimum absolute atomic E-state index is 0.0656. The Balaban J connectivity index is 2.06. The molecule has 0 radical (unpaired) electrons. The standard InChI is InChI=1S/C19H11Cl3F2N2O3/c1-9-4-10(2-3-12(9)17(27)28)16-7-18(29-26-16,19(22,23)24)11-5-14(20)13(8-25)15(21)6-11/h2-6H,7H2,1H3,(H,27,28). The maximum Gasteiger partial charge on any atom is 0.367 e. The predicted molar refractivity (Wildman–Crippen MR) is 104 cm³/mol. The normalized spacial score (nSPS) is 18.7. The van der Waals surface area contributed by atoms with Crippen LogP contribution in [0.2, 0.25) is 10.0 Å². The molecule has 0 bridgehead atoms. The van der Waals surface area contributed by atoms with Crippen LogP contribution in [0.1, 0.15) is 39.0 Å². The number of aromatic carboxylic acids is 1. The van der Waals surface area contributed by atoms with Crippen molar-refractivity contribution in [2.75, 3.05) is 0 Å². The smallest absolute Gasteiger partial charge is 0.367 e. The molecule has 0 aliphatic carbocycles. The summed E-state index contributed by atoms with van der Waals surface area (Å²) in [6.45, 7) is 1.58. The Morgan fingerprint density at radius 3 is 2.41 bits per heavy atom. The molecule has 0 saturated heterocycles. The second kappa shape index (κ2) is 7.45. The first kappa shape index (κ1) is 21.3. The summed E-state index contributed by atoms with van der Waals surface area (Å²) in [5.41, 5.74) is -1.58. The van der Waals surface area contributed by atoms with E-state index >= 15 is 0 Å². The van der Waals surface area contributed by atoms with E-state index in [0.717, 1.165) is 12.1 Å². The third kappa shape index (κ3) is 3.64. The molecule has 1 aliphatic rings. The third-order valence-corrected chi connectivity index (χ3v) is 5.50. The molecule has 10 heteroatoms.